The lowest BCUT2D eigenvalue weighted by Gasteiger charge is -2.16. The molecule has 0 saturated heterocycles. The Kier molecular flexibility index (Phi) is 3.53. The number of hydrogen-bond donors (Lipinski definition) is 1. The third-order valence-corrected chi connectivity index (χ3v) is 3.79. The first-order chi connectivity index (χ1) is 5.61. The standard InChI is InChI=1S/C8H16O3S/c9-12(10,11)8-6-4-2-1-3-5-7-8/h8H,1-7H2,(H,9,10,11). The zero-order valence-electron chi connectivity index (χ0n) is 7.20. The summed E-state index contributed by atoms with van der Waals surface area (Å²) in [4.78, 5) is 0. The molecule has 12 heavy (non-hydrogen) atoms. The van der Waals surface area contributed by atoms with Gasteiger partial charge in [-0.3, -0.25) is 4.55 Å². The van der Waals surface area contributed by atoms with Crippen LogP contribution < -0.4 is 0 Å². The van der Waals surface area contributed by atoms with Gasteiger partial charge in [-0.2, -0.15) is 8.42 Å². The quantitative estimate of drug-likeness (QED) is 0.646. The molecular formula is C8H16O3S. The van der Waals surface area contributed by atoms with Crippen LogP contribution in [0.5, 0.6) is 0 Å². The molecule has 1 aliphatic carbocycles. The van der Waals surface area contributed by atoms with Crippen LogP contribution >= 0.6 is 0 Å². The minimum absolute atomic E-state index is 0.488. The second kappa shape index (κ2) is 4.23. The molecule has 1 fully saturated rings. The lowest BCUT2D eigenvalue weighted by atomic mass is 10.0. The Bertz CT molecular complexity index is 212. The summed E-state index contributed by atoms with van der Waals surface area (Å²) >= 11 is 0. The van der Waals surface area contributed by atoms with Gasteiger partial charge in [-0.1, -0.05) is 32.1 Å². The molecule has 1 aliphatic rings. The fraction of sp³-hybridized carbons (Fsp3) is 1.00. The Morgan fingerprint density at radius 1 is 0.917 bits per heavy atom. The Morgan fingerprint density at radius 2 is 1.33 bits per heavy atom. The fourth-order valence-electron chi connectivity index (χ4n) is 1.72. The van der Waals surface area contributed by atoms with Crippen molar-refractivity contribution in [2.24, 2.45) is 0 Å². The summed E-state index contributed by atoms with van der Waals surface area (Å²) in [5, 5.41) is -0.488. The topological polar surface area (TPSA) is 54.4 Å². The second-order valence-corrected chi connectivity index (χ2v) is 5.18. The fourth-order valence-corrected chi connectivity index (χ4v) is 2.65. The normalized spacial score (nSPS) is 23.1. The average molecular weight is 192 g/mol. The van der Waals surface area contributed by atoms with Gasteiger partial charge in [0.15, 0.2) is 0 Å². The zero-order chi connectivity index (χ0) is 9.03. The van der Waals surface area contributed by atoms with Crippen molar-refractivity contribution in [2.75, 3.05) is 0 Å². The van der Waals surface area contributed by atoms with Crippen molar-refractivity contribution in [1.82, 2.24) is 0 Å². The average Bonchev–Trinajstić information content (AvgIpc) is 1.81. The predicted molar refractivity (Wildman–Crippen MR) is 47.7 cm³/mol. The van der Waals surface area contributed by atoms with Crippen LogP contribution in [0, 0.1) is 0 Å². The van der Waals surface area contributed by atoms with Gasteiger partial charge in [0.2, 0.25) is 0 Å². The molecule has 1 saturated carbocycles. The van der Waals surface area contributed by atoms with Crippen LogP contribution in [0.4, 0.5) is 0 Å². The van der Waals surface area contributed by atoms with Crippen molar-refractivity contribution in [2.45, 2.75) is 50.2 Å². The molecule has 72 valence electrons. The highest BCUT2D eigenvalue weighted by atomic mass is 32.2. The molecule has 0 bridgehead atoms. The Hall–Kier alpha value is -0.0900. The highest BCUT2D eigenvalue weighted by Crippen LogP contribution is 2.21. The molecule has 0 heterocycles. The highest BCUT2D eigenvalue weighted by molar-refractivity contribution is 7.86. The maximum Gasteiger partial charge on any atom is 0.267 e. The van der Waals surface area contributed by atoms with E-state index in [4.69, 9.17) is 4.55 Å². The maximum absolute atomic E-state index is 10.8. The van der Waals surface area contributed by atoms with Crippen molar-refractivity contribution >= 4 is 10.1 Å². The van der Waals surface area contributed by atoms with E-state index in [2.05, 4.69) is 0 Å². The third kappa shape index (κ3) is 3.11. The van der Waals surface area contributed by atoms with Gasteiger partial charge in [0, 0.05) is 0 Å². The summed E-state index contributed by atoms with van der Waals surface area (Å²) in [6.07, 6.45) is 6.56. The monoisotopic (exact) mass is 192 g/mol. The number of rotatable bonds is 1. The molecule has 1 rings (SSSR count). The van der Waals surface area contributed by atoms with Gasteiger partial charge in [0.1, 0.15) is 0 Å². The molecule has 0 amide bonds. The molecule has 3 nitrogen and oxygen atoms in total. The van der Waals surface area contributed by atoms with E-state index in [0.717, 1.165) is 25.7 Å². The van der Waals surface area contributed by atoms with E-state index in [9.17, 15) is 8.42 Å². The predicted octanol–water partition coefficient (Wildman–Crippen LogP) is 1.99. The summed E-state index contributed by atoms with van der Waals surface area (Å²) in [6, 6.07) is 0. The molecular weight excluding hydrogens is 176 g/mol. The lowest BCUT2D eigenvalue weighted by Crippen LogP contribution is -2.21. The van der Waals surface area contributed by atoms with Crippen molar-refractivity contribution in [3.63, 3.8) is 0 Å². The largest absolute Gasteiger partial charge is 0.285 e. The highest BCUT2D eigenvalue weighted by Gasteiger charge is 2.22. The van der Waals surface area contributed by atoms with Gasteiger partial charge in [0.05, 0.1) is 5.25 Å². The molecule has 4 heteroatoms. The van der Waals surface area contributed by atoms with Gasteiger partial charge in [-0.15, -0.1) is 0 Å². The van der Waals surface area contributed by atoms with E-state index < -0.39 is 15.4 Å². The van der Waals surface area contributed by atoms with Crippen LogP contribution in [0.25, 0.3) is 0 Å². The molecule has 0 aromatic rings. The van der Waals surface area contributed by atoms with Gasteiger partial charge in [-0.05, 0) is 12.8 Å². The first kappa shape index (κ1) is 9.99. The van der Waals surface area contributed by atoms with E-state index in [1.54, 1.807) is 0 Å². The smallest absolute Gasteiger partial charge is 0.267 e. The van der Waals surface area contributed by atoms with E-state index in [-0.39, 0.29) is 0 Å². The molecule has 0 atom stereocenters. The number of hydrogen-bond acceptors (Lipinski definition) is 2. The minimum Gasteiger partial charge on any atom is -0.285 e. The van der Waals surface area contributed by atoms with Crippen LogP contribution in [0.2, 0.25) is 0 Å². The van der Waals surface area contributed by atoms with Crippen LogP contribution in [0.1, 0.15) is 44.9 Å². The SMILES string of the molecule is O=S(=O)(O)C1CCCCCCC1. The van der Waals surface area contributed by atoms with E-state index >= 15 is 0 Å². The van der Waals surface area contributed by atoms with Crippen molar-refractivity contribution < 1.29 is 13.0 Å². The summed E-state index contributed by atoms with van der Waals surface area (Å²) in [5.41, 5.74) is 0. The summed E-state index contributed by atoms with van der Waals surface area (Å²) in [7, 11) is -3.77. The molecule has 1 N–H and O–H groups in total. The zero-order valence-corrected chi connectivity index (χ0v) is 8.02. The Labute approximate surface area is 73.9 Å². The molecule has 0 radical (unpaired) electrons. The van der Waals surface area contributed by atoms with Crippen LogP contribution in [0.3, 0.4) is 0 Å². The van der Waals surface area contributed by atoms with Gasteiger partial charge < -0.3 is 0 Å². The maximum atomic E-state index is 10.8. The second-order valence-electron chi connectivity index (χ2n) is 3.48. The first-order valence-electron chi connectivity index (χ1n) is 4.57. The van der Waals surface area contributed by atoms with Crippen molar-refractivity contribution in [3.05, 3.63) is 0 Å². The summed E-state index contributed by atoms with van der Waals surface area (Å²) in [5.74, 6) is 0. The van der Waals surface area contributed by atoms with Crippen molar-refractivity contribution in [3.8, 4) is 0 Å². The van der Waals surface area contributed by atoms with Gasteiger partial charge >= 0.3 is 0 Å². The minimum atomic E-state index is -3.77. The van der Waals surface area contributed by atoms with E-state index in [1.807, 2.05) is 0 Å². The molecule has 0 unspecified atom stereocenters. The van der Waals surface area contributed by atoms with E-state index in [1.165, 1.54) is 6.42 Å². The molecule has 0 aromatic heterocycles. The van der Waals surface area contributed by atoms with Gasteiger partial charge in [-0.25, -0.2) is 0 Å². The lowest BCUT2D eigenvalue weighted by molar-refractivity contribution is 0.432. The van der Waals surface area contributed by atoms with E-state index in [0.29, 0.717) is 12.8 Å². The molecule has 0 aliphatic heterocycles. The summed E-state index contributed by atoms with van der Waals surface area (Å²) in [6.45, 7) is 0. The summed E-state index contributed by atoms with van der Waals surface area (Å²) < 4.78 is 30.4. The van der Waals surface area contributed by atoms with Crippen LogP contribution in [-0.2, 0) is 10.1 Å². The van der Waals surface area contributed by atoms with Crippen molar-refractivity contribution in [1.29, 1.82) is 0 Å². The first-order valence-corrected chi connectivity index (χ1v) is 6.07. The van der Waals surface area contributed by atoms with Crippen LogP contribution in [0.15, 0.2) is 0 Å². The van der Waals surface area contributed by atoms with Crippen LogP contribution in [-0.4, -0.2) is 18.2 Å². The van der Waals surface area contributed by atoms with Gasteiger partial charge in [0.25, 0.3) is 10.1 Å². The molecule has 0 aromatic carbocycles. The molecule has 0 spiro atoms. The third-order valence-electron chi connectivity index (χ3n) is 2.47. The Balaban J connectivity index is 2.51. The Morgan fingerprint density at radius 3 is 1.75 bits per heavy atom.